The van der Waals surface area contributed by atoms with Crippen LogP contribution >= 0.6 is 0 Å². The second-order valence-corrected chi connectivity index (χ2v) is 4.50. The molecule has 0 spiro atoms. The number of carbonyl (C=O) groups excluding carboxylic acids is 1. The molecule has 2 amide bonds. The van der Waals surface area contributed by atoms with Gasteiger partial charge in [0, 0.05) is 6.54 Å². The zero-order chi connectivity index (χ0) is 14.6. The summed E-state index contributed by atoms with van der Waals surface area (Å²) >= 11 is 0. The van der Waals surface area contributed by atoms with Crippen molar-refractivity contribution in [1.29, 1.82) is 0 Å². The number of carbonyl (C=O) groups is 2. The SMILES string of the molecule is CCN(C(=O)NCc1nc(C)no1)C(C)(C)C(=O)O. The van der Waals surface area contributed by atoms with Gasteiger partial charge in [-0.05, 0) is 27.7 Å². The van der Waals surface area contributed by atoms with Gasteiger partial charge in [0.2, 0.25) is 5.89 Å². The topological polar surface area (TPSA) is 109 Å². The molecule has 0 radical (unpaired) electrons. The van der Waals surface area contributed by atoms with Crippen molar-refractivity contribution in [3.8, 4) is 0 Å². The van der Waals surface area contributed by atoms with E-state index >= 15 is 0 Å². The zero-order valence-corrected chi connectivity index (χ0v) is 11.4. The lowest BCUT2D eigenvalue weighted by atomic mass is 10.0. The average molecular weight is 270 g/mol. The van der Waals surface area contributed by atoms with Crippen molar-refractivity contribution in [3.63, 3.8) is 0 Å². The van der Waals surface area contributed by atoms with E-state index < -0.39 is 17.5 Å². The Labute approximate surface area is 110 Å². The molecule has 0 aliphatic heterocycles. The summed E-state index contributed by atoms with van der Waals surface area (Å²) in [6, 6.07) is -0.495. The number of hydrogen-bond acceptors (Lipinski definition) is 5. The van der Waals surface area contributed by atoms with E-state index in [4.69, 9.17) is 9.63 Å². The van der Waals surface area contributed by atoms with Gasteiger partial charge in [0.1, 0.15) is 5.54 Å². The van der Waals surface area contributed by atoms with Crippen molar-refractivity contribution >= 4 is 12.0 Å². The van der Waals surface area contributed by atoms with E-state index in [-0.39, 0.29) is 19.0 Å². The Bertz CT molecular complexity index is 469. The van der Waals surface area contributed by atoms with Crippen molar-refractivity contribution in [3.05, 3.63) is 11.7 Å². The highest BCUT2D eigenvalue weighted by Gasteiger charge is 2.36. The smallest absolute Gasteiger partial charge is 0.329 e. The first kappa shape index (κ1) is 14.9. The van der Waals surface area contributed by atoms with Crippen LogP contribution in [0.5, 0.6) is 0 Å². The number of amides is 2. The van der Waals surface area contributed by atoms with Crippen molar-refractivity contribution in [2.75, 3.05) is 6.54 Å². The van der Waals surface area contributed by atoms with Crippen LogP contribution in [0.4, 0.5) is 4.79 Å². The van der Waals surface area contributed by atoms with Crippen LogP contribution in [0.2, 0.25) is 0 Å². The molecule has 1 heterocycles. The molecule has 0 aliphatic rings. The third-order valence-electron chi connectivity index (χ3n) is 2.72. The molecule has 0 unspecified atom stereocenters. The van der Waals surface area contributed by atoms with Gasteiger partial charge < -0.3 is 19.8 Å². The molecule has 1 rings (SSSR count). The number of rotatable bonds is 5. The van der Waals surface area contributed by atoms with Gasteiger partial charge in [-0.25, -0.2) is 9.59 Å². The fourth-order valence-electron chi connectivity index (χ4n) is 1.57. The monoisotopic (exact) mass is 270 g/mol. The number of hydrogen-bond donors (Lipinski definition) is 2. The van der Waals surface area contributed by atoms with Gasteiger partial charge in [-0.1, -0.05) is 5.16 Å². The minimum absolute atomic E-state index is 0.0614. The summed E-state index contributed by atoms with van der Waals surface area (Å²) < 4.78 is 4.85. The molecule has 0 aromatic carbocycles. The lowest BCUT2D eigenvalue weighted by Crippen LogP contribution is -2.55. The number of aromatic nitrogens is 2. The lowest BCUT2D eigenvalue weighted by molar-refractivity contribution is -0.147. The van der Waals surface area contributed by atoms with Crippen molar-refractivity contribution < 1.29 is 19.2 Å². The number of nitrogens with zero attached hydrogens (tertiary/aromatic N) is 3. The lowest BCUT2D eigenvalue weighted by Gasteiger charge is -2.33. The van der Waals surface area contributed by atoms with E-state index in [1.807, 2.05) is 0 Å². The molecule has 19 heavy (non-hydrogen) atoms. The first-order chi connectivity index (χ1) is 8.78. The quantitative estimate of drug-likeness (QED) is 0.818. The normalized spacial score (nSPS) is 11.2. The van der Waals surface area contributed by atoms with E-state index in [2.05, 4.69) is 15.5 Å². The van der Waals surface area contributed by atoms with E-state index in [1.165, 1.54) is 18.7 Å². The summed E-state index contributed by atoms with van der Waals surface area (Å²) in [5.41, 5.74) is -1.29. The molecular formula is C11H18N4O4. The summed E-state index contributed by atoms with van der Waals surface area (Å²) in [6.45, 7) is 6.65. The maximum Gasteiger partial charge on any atom is 0.329 e. The van der Waals surface area contributed by atoms with Gasteiger partial charge >= 0.3 is 12.0 Å². The van der Waals surface area contributed by atoms with Gasteiger partial charge in [0.15, 0.2) is 5.82 Å². The van der Waals surface area contributed by atoms with Gasteiger partial charge in [0.05, 0.1) is 6.54 Å². The second-order valence-electron chi connectivity index (χ2n) is 4.50. The molecule has 8 nitrogen and oxygen atoms in total. The standard InChI is InChI=1S/C11H18N4O4/c1-5-15(11(3,4)9(16)17)10(18)12-6-8-13-7(2)14-19-8/h5-6H2,1-4H3,(H,12,18)(H,16,17). The number of aliphatic carboxylic acids is 1. The summed E-state index contributed by atoms with van der Waals surface area (Å²) in [4.78, 5) is 28.3. The minimum atomic E-state index is -1.29. The number of urea groups is 1. The number of carboxylic acid groups (broad SMARTS) is 1. The molecule has 0 bridgehead atoms. The molecule has 0 saturated heterocycles. The third-order valence-corrected chi connectivity index (χ3v) is 2.72. The Morgan fingerprint density at radius 3 is 2.53 bits per heavy atom. The Hall–Kier alpha value is -2.12. The molecule has 2 N–H and O–H groups in total. The number of nitrogens with one attached hydrogen (secondary N) is 1. The molecule has 1 aromatic rings. The summed E-state index contributed by atoms with van der Waals surface area (Å²) in [5, 5.41) is 15.3. The van der Waals surface area contributed by atoms with Gasteiger partial charge in [-0.15, -0.1) is 0 Å². The molecule has 0 atom stereocenters. The summed E-state index contributed by atoms with van der Waals surface area (Å²) in [6.07, 6.45) is 0. The highest BCUT2D eigenvalue weighted by atomic mass is 16.5. The first-order valence-electron chi connectivity index (χ1n) is 5.87. The van der Waals surface area contributed by atoms with Gasteiger partial charge in [-0.2, -0.15) is 4.98 Å². The van der Waals surface area contributed by atoms with Crippen LogP contribution in [0.1, 0.15) is 32.5 Å². The number of carboxylic acids is 1. The van der Waals surface area contributed by atoms with Gasteiger partial charge in [0.25, 0.3) is 0 Å². The molecule has 106 valence electrons. The maximum absolute atomic E-state index is 12.0. The molecule has 0 aliphatic carbocycles. The fourth-order valence-corrected chi connectivity index (χ4v) is 1.57. The number of likely N-dealkylation sites (N-methyl/N-ethyl adjacent to an activating group) is 1. The third kappa shape index (κ3) is 3.43. The van der Waals surface area contributed by atoms with E-state index in [9.17, 15) is 9.59 Å². The van der Waals surface area contributed by atoms with Crippen LogP contribution < -0.4 is 5.32 Å². The molecule has 1 aromatic heterocycles. The first-order valence-corrected chi connectivity index (χ1v) is 5.87. The van der Waals surface area contributed by atoms with E-state index in [0.717, 1.165) is 0 Å². The maximum atomic E-state index is 12.0. The molecular weight excluding hydrogens is 252 g/mol. The number of aryl methyl sites for hydroxylation is 1. The minimum Gasteiger partial charge on any atom is -0.480 e. The molecule has 0 saturated carbocycles. The van der Waals surface area contributed by atoms with Gasteiger partial charge in [-0.3, -0.25) is 0 Å². The highest BCUT2D eigenvalue weighted by molar-refractivity contribution is 5.85. The predicted octanol–water partition coefficient (Wildman–Crippen LogP) is 0.773. The van der Waals surface area contributed by atoms with Crippen molar-refractivity contribution in [2.24, 2.45) is 0 Å². The van der Waals surface area contributed by atoms with Crippen molar-refractivity contribution in [2.45, 2.75) is 39.8 Å². The van der Waals surface area contributed by atoms with E-state index in [1.54, 1.807) is 13.8 Å². The molecule has 0 fully saturated rings. The Kier molecular flexibility index (Phi) is 4.47. The second kappa shape index (κ2) is 5.68. The largest absolute Gasteiger partial charge is 0.480 e. The van der Waals surface area contributed by atoms with Crippen LogP contribution in [0.25, 0.3) is 0 Å². The van der Waals surface area contributed by atoms with Crippen LogP contribution in [0, 0.1) is 6.92 Å². The van der Waals surface area contributed by atoms with Crippen LogP contribution in [0.15, 0.2) is 4.52 Å². The van der Waals surface area contributed by atoms with Crippen LogP contribution in [-0.4, -0.2) is 44.2 Å². The summed E-state index contributed by atoms with van der Waals surface area (Å²) in [7, 11) is 0. The average Bonchev–Trinajstić information content (AvgIpc) is 2.73. The zero-order valence-electron chi connectivity index (χ0n) is 11.4. The van der Waals surface area contributed by atoms with Crippen molar-refractivity contribution in [1.82, 2.24) is 20.4 Å². The Morgan fingerprint density at radius 1 is 1.47 bits per heavy atom. The van der Waals surface area contributed by atoms with Crippen LogP contribution in [0.3, 0.4) is 0 Å². The van der Waals surface area contributed by atoms with Crippen LogP contribution in [-0.2, 0) is 11.3 Å². The Balaban J connectivity index is 2.67. The predicted molar refractivity (Wildman–Crippen MR) is 65.4 cm³/mol. The fraction of sp³-hybridized carbons (Fsp3) is 0.636. The van der Waals surface area contributed by atoms with E-state index in [0.29, 0.717) is 5.82 Å². The Morgan fingerprint density at radius 2 is 2.11 bits per heavy atom. The highest BCUT2D eigenvalue weighted by Crippen LogP contribution is 2.14. The molecule has 8 heteroatoms. The summed E-state index contributed by atoms with van der Waals surface area (Å²) in [5.74, 6) is -0.323.